The van der Waals surface area contributed by atoms with Gasteiger partial charge in [-0.1, -0.05) is 12.1 Å². The van der Waals surface area contributed by atoms with Crippen LogP contribution in [0.2, 0.25) is 0 Å². The van der Waals surface area contributed by atoms with Gasteiger partial charge in [-0.3, -0.25) is 14.2 Å². The number of nitrogens with zero attached hydrogens (tertiary/aromatic N) is 3. The van der Waals surface area contributed by atoms with Crippen molar-refractivity contribution in [2.24, 2.45) is 0 Å². The monoisotopic (exact) mass is 475 g/mol. The van der Waals surface area contributed by atoms with E-state index in [0.717, 1.165) is 22.4 Å². The van der Waals surface area contributed by atoms with Crippen LogP contribution in [0.15, 0.2) is 53.6 Å². The number of anilines is 1. The largest absolute Gasteiger partial charge is 0.480 e. The lowest BCUT2D eigenvalue weighted by Gasteiger charge is -2.23. The van der Waals surface area contributed by atoms with Crippen molar-refractivity contribution in [1.29, 1.82) is 0 Å². The summed E-state index contributed by atoms with van der Waals surface area (Å²) >= 11 is 0. The molecule has 8 heteroatoms. The second kappa shape index (κ2) is 8.61. The van der Waals surface area contributed by atoms with Gasteiger partial charge in [-0.05, 0) is 63.1 Å². The summed E-state index contributed by atoms with van der Waals surface area (Å²) in [5.74, 6) is -1.01. The van der Waals surface area contributed by atoms with Crippen molar-refractivity contribution in [2.45, 2.75) is 39.8 Å². The smallest absolute Gasteiger partial charge is 0.418 e. The SMILES string of the molecule is Cc1ccc2c(=O)c3ccc(-c4ccn(C(=O)OC(C)(C)C)c4)cc3n(CC(=O)O)c2c1N(C)C. The number of aryl methyl sites for hydroxylation is 1. The molecule has 0 saturated carbocycles. The molecular formula is C27H29N3O5. The van der Waals surface area contributed by atoms with Crippen LogP contribution in [0.4, 0.5) is 10.5 Å². The van der Waals surface area contributed by atoms with Crippen LogP contribution in [0, 0.1) is 6.92 Å². The first-order valence-corrected chi connectivity index (χ1v) is 11.3. The fraction of sp³-hybridized carbons (Fsp3) is 0.296. The van der Waals surface area contributed by atoms with Crippen molar-refractivity contribution < 1.29 is 19.4 Å². The summed E-state index contributed by atoms with van der Waals surface area (Å²) in [6.45, 7) is 7.03. The summed E-state index contributed by atoms with van der Waals surface area (Å²) in [5, 5.41) is 10.6. The van der Waals surface area contributed by atoms with E-state index in [2.05, 4.69) is 0 Å². The average Bonchev–Trinajstić information content (AvgIpc) is 3.25. The third kappa shape index (κ3) is 4.51. The first kappa shape index (κ1) is 24.1. The maximum absolute atomic E-state index is 13.4. The van der Waals surface area contributed by atoms with Crippen LogP contribution >= 0.6 is 0 Å². The molecule has 0 unspecified atom stereocenters. The number of carbonyl (C=O) groups excluding carboxylic acids is 1. The first-order chi connectivity index (χ1) is 16.4. The van der Waals surface area contributed by atoms with Gasteiger partial charge in [0.05, 0.1) is 16.7 Å². The Labute approximate surface area is 203 Å². The lowest BCUT2D eigenvalue weighted by atomic mass is 10.0. The van der Waals surface area contributed by atoms with Crippen molar-refractivity contribution in [3.05, 3.63) is 64.6 Å². The molecule has 2 aromatic carbocycles. The highest BCUT2D eigenvalue weighted by Gasteiger charge is 2.20. The molecule has 8 nitrogen and oxygen atoms in total. The molecule has 0 atom stereocenters. The van der Waals surface area contributed by atoms with E-state index >= 15 is 0 Å². The highest BCUT2D eigenvalue weighted by molar-refractivity contribution is 6.02. The van der Waals surface area contributed by atoms with Crippen LogP contribution in [0.25, 0.3) is 32.9 Å². The summed E-state index contributed by atoms with van der Waals surface area (Å²) in [4.78, 5) is 39.7. The van der Waals surface area contributed by atoms with Crippen molar-refractivity contribution in [1.82, 2.24) is 9.13 Å². The number of hydrogen-bond donors (Lipinski definition) is 1. The van der Waals surface area contributed by atoms with Gasteiger partial charge in [0.25, 0.3) is 0 Å². The Hall–Kier alpha value is -4.07. The molecule has 182 valence electrons. The maximum Gasteiger partial charge on any atom is 0.418 e. The lowest BCUT2D eigenvalue weighted by Crippen LogP contribution is -2.26. The lowest BCUT2D eigenvalue weighted by molar-refractivity contribution is -0.137. The fourth-order valence-electron chi connectivity index (χ4n) is 4.39. The minimum Gasteiger partial charge on any atom is -0.480 e. The summed E-state index contributed by atoms with van der Waals surface area (Å²) < 4.78 is 8.48. The number of rotatable bonds is 4. The highest BCUT2D eigenvalue weighted by Crippen LogP contribution is 2.32. The predicted octanol–water partition coefficient (Wildman–Crippen LogP) is 4.87. The minimum atomic E-state index is -1.01. The molecule has 4 rings (SSSR count). The first-order valence-electron chi connectivity index (χ1n) is 11.3. The number of hydrogen-bond acceptors (Lipinski definition) is 5. The number of aromatic nitrogens is 2. The third-order valence-corrected chi connectivity index (χ3v) is 5.77. The van der Waals surface area contributed by atoms with E-state index in [1.807, 2.05) is 32.0 Å². The van der Waals surface area contributed by atoms with Gasteiger partial charge in [-0.2, -0.15) is 0 Å². The average molecular weight is 476 g/mol. The molecule has 0 amide bonds. The molecule has 0 aliphatic heterocycles. The van der Waals surface area contributed by atoms with Gasteiger partial charge >= 0.3 is 12.1 Å². The van der Waals surface area contributed by atoms with Crippen molar-refractivity contribution >= 4 is 39.6 Å². The van der Waals surface area contributed by atoms with Crippen LogP contribution in [0.5, 0.6) is 0 Å². The molecule has 0 bridgehead atoms. The van der Waals surface area contributed by atoms with Crippen LogP contribution in [0.1, 0.15) is 26.3 Å². The Balaban J connectivity index is 1.97. The van der Waals surface area contributed by atoms with Gasteiger partial charge in [-0.25, -0.2) is 4.79 Å². The quantitative estimate of drug-likeness (QED) is 0.424. The molecule has 2 heterocycles. The Morgan fingerprint density at radius 3 is 2.34 bits per heavy atom. The normalized spacial score (nSPS) is 11.7. The van der Waals surface area contributed by atoms with Gasteiger partial charge in [0.2, 0.25) is 0 Å². The number of ether oxygens (including phenoxy) is 1. The van der Waals surface area contributed by atoms with Crippen LogP contribution in [-0.4, -0.2) is 46.0 Å². The van der Waals surface area contributed by atoms with E-state index in [0.29, 0.717) is 21.8 Å². The topological polar surface area (TPSA) is 93.8 Å². The minimum absolute atomic E-state index is 0.155. The van der Waals surface area contributed by atoms with Crippen molar-refractivity contribution in [3.8, 4) is 11.1 Å². The van der Waals surface area contributed by atoms with Crippen LogP contribution in [0.3, 0.4) is 0 Å². The number of aliphatic carboxylic acids is 1. The van der Waals surface area contributed by atoms with Gasteiger partial charge in [0.1, 0.15) is 12.1 Å². The Kier molecular flexibility index (Phi) is 5.92. The molecular weight excluding hydrogens is 446 g/mol. The number of carbonyl (C=O) groups is 2. The number of benzene rings is 2. The number of fused-ring (bicyclic) bond motifs is 2. The summed E-state index contributed by atoms with van der Waals surface area (Å²) in [5.41, 5.74) is 3.54. The molecule has 0 fully saturated rings. The van der Waals surface area contributed by atoms with Gasteiger partial charge < -0.3 is 19.3 Å². The number of pyridine rings is 1. The zero-order valence-corrected chi connectivity index (χ0v) is 20.7. The predicted molar refractivity (Wildman–Crippen MR) is 137 cm³/mol. The van der Waals surface area contributed by atoms with Crippen molar-refractivity contribution in [3.63, 3.8) is 0 Å². The Bertz CT molecular complexity index is 1540. The van der Waals surface area contributed by atoms with E-state index in [9.17, 15) is 19.5 Å². The summed E-state index contributed by atoms with van der Waals surface area (Å²) in [7, 11) is 3.74. The van der Waals surface area contributed by atoms with E-state index in [1.54, 1.807) is 68.1 Å². The number of carboxylic acid groups (broad SMARTS) is 1. The van der Waals surface area contributed by atoms with E-state index in [-0.39, 0.29) is 12.0 Å². The molecule has 35 heavy (non-hydrogen) atoms. The zero-order chi connectivity index (χ0) is 25.7. The molecule has 0 saturated heterocycles. The second-order valence-electron chi connectivity index (χ2n) is 9.85. The second-order valence-corrected chi connectivity index (χ2v) is 9.85. The van der Waals surface area contributed by atoms with Gasteiger partial charge in [-0.15, -0.1) is 0 Å². The summed E-state index contributed by atoms with van der Waals surface area (Å²) in [6.07, 6.45) is 2.78. The van der Waals surface area contributed by atoms with Gasteiger partial charge in [0, 0.05) is 42.8 Å². The zero-order valence-electron chi connectivity index (χ0n) is 20.7. The van der Waals surface area contributed by atoms with E-state index in [4.69, 9.17) is 4.74 Å². The molecule has 0 spiro atoms. The third-order valence-electron chi connectivity index (χ3n) is 5.77. The number of carboxylic acids is 1. The van der Waals surface area contributed by atoms with Crippen LogP contribution in [-0.2, 0) is 16.1 Å². The van der Waals surface area contributed by atoms with Crippen molar-refractivity contribution in [2.75, 3.05) is 19.0 Å². The molecule has 0 aliphatic carbocycles. The Morgan fingerprint density at radius 1 is 1.03 bits per heavy atom. The Morgan fingerprint density at radius 2 is 1.71 bits per heavy atom. The molecule has 1 N–H and O–H groups in total. The maximum atomic E-state index is 13.4. The molecule has 2 aromatic heterocycles. The standard InChI is InChI=1S/C27H29N3O5/c1-16-7-9-20-24(23(16)28(5)6)30(15-22(31)32)21-13-17(8-10-19(21)25(20)33)18-11-12-29(14-18)26(34)35-27(2,3)4/h7-14H,15H2,1-6H3,(H,31,32). The molecule has 4 aromatic rings. The summed E-state index contributed by atoms with van der Waals surface area (Å²) in [6, 6.07) is 10.7. The fourth-order valence-corrected chi connectivity index (χ4v) is 4.39. The van der Waals surface area contributed by atoms with Crippen LogP contribution < -0.4 is 10.3 Å². The highest BCUT2D eigenvalue weighted by atomic mass is 16.6. The molecule has 0 aliphatic rings. The van der Waals surface area contributed by atoms with E-state index in [1.165, 1.54) is 4.57 Å². The molecule has 0 radical (unpaired) electrons. The van der Waals surface area contributed by atoms with Gasteiger partial charge in [0.15, 0.2) is 5.43 Å². The van der Waals surface area contributed by atoms with E-state index < -0.39 is 17.7 Å².